The van der Waals surface area contributed by atoms with Crippen LogP contribution in [0.25, 0.3) is 10.4 Å². The van der Waals surface area contributed by atoms with E-state index in [9.17, 15) is 48.7 Å². The topological polar surface area (TPSA) is 95.3 Å². The molecule has 0 aromatic heterocycles. The predicted octanol–water partition coefficient (Wildman–Crippen LogP) is 3.45. The minimum absolute atomic E-state index is 1.09. The largest absolute Gasteiger partial charge is 0.477 e. The highest BCUT2D eigenvalue weighted by molar-refractivity contribution is 5.77. The fourth-order valence-electron chi connectivity index (χ4n) is 0.760. The second kappa shape index (κ2) is 5.35. The lowest BCUT2D eigenvalue weighted by molar-refractivity contribution is -0.465. The zero-order valence-electron chi connectivity index (χ0n) is 9.38. The molecule has 0 aliphatic carbocycles. The summed E-state index contributed by atoms with van der Waals surface area (Å²) >= 11 is 0. The highest BCUT2D eigenvalue weighted by atomic mass is 19.4. The zero-order chi connectivity index (χ0) is 18.2. The van der Waals surface area contributed by atoms with E-state index in [1.54, 1.807) is 0 Å². The quantitative estimate of drug-likeness (QED) is 0.260. The fraction of sp³-hybridized carbons (Fsp3) is 0.833. The molecule has 0 aliphatic heterocycles. The van der Waals surface area contributed by atoms with Crippen molar-refractivity contribution in [3.05, 3.63) is 10.4 Å². The number of alkyl halides is 10. The maximum Gasteiger partial charge on any atom is 0.462 e. The van der Waals surface area contributed by atoms with Crippen molar-refractivity contribution >= 4 is 5.97 Å². The molecule has 16 heteroatoms. The molecule has 0 saturated heterocycles. The van der Waals surface area contributed by atoms with Crippen LogP contribution in [0.2, 0.25) is 0 Å². The number of nitrogens with zero attached hydrogens (tertiary/aromatic N) is 3. The molecule has 0 bridgehead atoms. The monoisotopic (exact) mass is 353 g/mol. The Hall–Kier alpha value is -1.96. The van der Waals surface area contributed by atoms with Crippen LogP contribution in [-0.2, 0) is 9.53 Å². The molecule has 0 heterocycles. The third-order valence-corrected chi connectivity index (χ3v) is 1.82. The number of carbonyl (C=O) groups is 1. The average Bonchev–Trinajstić information content (AvgIpc) is 2.25. The van der Waals surface area contributed by atoms with Crippen molar-refractivity contribution in [2.75, 3.05) is 0 Å². The molecule has 0 fully saturated rings. The van der Waals surface area contributed by atoms with Gasteiger partial charge in [-0.25, -0.2) is 4.79 Å². The standard InChI is InChI=1S/C6HF10N3O3/c7-2(1(20)21,5(13,14)18-19-17)22-6(15,16)3(8,9)4(10,11)12/h(H,20,21). The van der Waals surface area contributed by atoms with Crippen LogP contribution < -0.4 is 0 Å². The van der Waals surface area contributed by atoms with Crippen LogP contribution in [0.15, 0.2) is 5.11 Å². The minimum Gasteiger partial charge on any atom is -0.477 e. The van der Waals surface area contributed by atoms with Gasteiger partial charge in [0, 0.05) is 4.91 Å². The van der Waals surface area contributed by atoms with E-state index in [1.165, 1.54) is 0 Å². The van der Waals surface area contributed by atoms with Gasteiger partial charge in [-0.15, -0.1) is 0 Å². The summed E-state index contributed by atoms with van der Waals surface area (Å²) in [5, 5.41) is 9.09. The van der Waals surface area contributed by atoms with Gasteiger partial charge in [-0.2, -0.15) is 43.9 Å². The molecule has 0 aromatic carbocycles. The average molecular weight is 353 g/mol. The number of ether oxygens (including phenoxy) is 1. The summed E-state index contributed by atoms with van der Waals surface area (Å²) in [6.07, 6.45) is -14.2. The lowest BCUT2D eigenvalue weighted by Gasteiger charge is -2.33. The smallest absolute Gasteiger partial charge is 0.462 e. The normalized spacial score (nSPS) is 16.6. The maximum absolute atomic E-state index is 13.3. The third kappa shape index (κ3) is 3.11. The summed E-state index contributed by atoms with van der Waals surface area (Å²) in [5.41, 5.74) is 7.58. The summed E-state index contributed by atoms with van der Waals surface area (Å²) in [6.45, 7) is 0. The zero-order valence-corrected chi connectivity index (χ0v) is 9.38. The van der Waals surface area contributed by atoms with E-state index < -0.39 is 36.1 Å². The molecule has 1 N–H and O–H groups in total. The Morgan fingerprint density at radius 1 is 1.00 bits per heavy atom. The van der Waals surface area contributed by atoms with Crippen molar-refractivity contribution < 1.29 is 58.5 Å². The molecule has 0 spiro atoms. The minimum atomic E-state index is -7.24. The van der Waals surface area contributed by atoms with Gasteiger partial charge < -0.3 is 5.11 Å². The Morgan fingerprint density at radius 3 is 1.68 bits per heavy atom. The van der Waals surface area contributed by atoms with Gasteiger partial charge in [-0.05, 0) is 10.6 Å². The summed E-state index contributed by atoms with van der Waals surface area (Å²) in [6, 6.07) is -6.08. The SMILES string of the molecule is [N-]=[N+]=NC(F)(F)C(F)(OC(F)(F)C(F)(F)C(F)(F)F)C(=O)O. The number of azide groups is 1. The Morgan fingerprint density at radius 2 is 1.41 bits per heavy atom. The van der Waals surface area contributed by atoms with Gasteiger partial charge in [0.2, 0.25) is 0 Å². The lowest BCUT2D eigenvalue weighted by atomic mass is 10.2. The molecule has 6 nitrogen and oxygen atoms in total. The van der Waals surface area contributed by atoms with Gasteiger partial charge in [0.1, 0.15) is 0 Å². The number of rotatable bonds is 6. The number of hydrogen-bond donors (Lipinski definition) is 1. The molecule has 0 radical (unpaired) electrons. The Labute approximate surface area is 111 Å². The Balaban J connectivity index is 6.01. The summed E-state index contributed by atoms with van der Waals surface area (Å²) < 4.78 is 126. The predicted molar refractivity (Wildman–Crippen MR) is 42.6 cm³/mol. The van der Waals surface area contributed by atoms with Crippen molar-refractivity contribution in [3.63, 3.8) is 0 Å². The van der Waals surface area contributed by atoms with Gasteiger partial charge in [0.15, 0.2) is 0 Å². The van der Waals surface area contributed by atoms with E-state index in [-0.39, 0.29) is 0 Å². The lowest BCUT2D eigenvalue weighted by Crippen LogP contribution is -2.62. The molecule has 0 aliphatic rings. The highest BCUT2D eigenvalue weighted by Crippen LogP contribution is 2.50. The fourth-order valence-corrected chi connectivity index (χ4v) is 0.760. The number of carboxylic acid groups (broad SMARTS) is 1. The first-order valence-corrected chi connectivity index (χ1v) is 4.35. The summed E-state index contributed by atoms with van der Waals surface area (Å²) in [4.78, 5) is 11.3. The van der Waals surface area contributed by atoms with Gasteiger partial charge in [0.25, 0.3) is 0 Å². The Bertz CT molecular complexity index is 499. The maximum atomic E-state index is 13.3. The number of carboxylic acids is 1. The van der Waals surface area contributed by atoms with Gasteiger partial charge >= 0.3 is 36.1 Å². The molecule has 22 heavy (non-hydrogen) atoms. The second-order valence-electron chi connectivity index (χ2n) is 3.32. The van der Waals surface area contributed by atoms with Crippen molar-refractivity contribution in [2.45, 2.75) is 30.1 Å². The van der Waals surface area contributed by atoms with Crippen LogP contribution in [0, 0.1) is 0 Å². The molecule has 0 saturated carbocycles. The molecule has 0 amide bonds. The van der Waals surface area contributed by atoms with E-state index in [1.807, 2.05) is 4.74 Å². The molecule has 0 aromatic rings. The first-order chi connectivity index (χ1) is 9.46. The number of halogens is 10. The molecule has 128 valence electrons. The van der Waals surface area contributed by atoms with E-state index in [0.717, 1.165) is 10.0 Å². The second-order valence-corrected chi connectivity index (χ2v) is 3.32. The van der Waals surface area contributed by atoms with Crippen LogP contribution >= 0.6 is 0 Å². The van der Waals surface area contributed by atoms with Gasteiger partial charge in [-0.3, -0.25) is 4.74 Å². The first kappa shape index (κ1) is 20.0. The van der Waals surface area contributed by atoms with E-state index in [0.29, 0.717) is 0 Å². The van der Waals surface area contributed by atoms with Crippen LogP contribution in [0.4, 0.5) is 43.9 Å². The van der Waals surface area contributed by atoms with Gasteiger partial charge in [-0.1, -0.05) is 0 Å². The van der Waals surface area contributed by atoms with Crippen LogP contribution in [0.1, 0.15) is 0 Å². The van der Waals surface area contributed by atoms with E-state index in [2.05, 4.69) is 0 Å². The molecular formula is C6HF10N3O3. The molecular weight excluding hydrogens is 352 g/mol. The van der Waals surface area contributed by atoms with Crippen molar-refractivity contribution in [3.8, 4) is 0 Å². The number of hydrogen-bond acceptors (Lipinski definition) is 3. The molecule has 1 atom stereocenters. The van der Waals surface area contributed by atoms with Crippen LogP contribution in [-0.4, -0.2) is 41.2 Å². The third-order valence-electron chi connectivity index (χ3n) is 1.82. The highest BCUT2D eigenvalue weighted by Gasteiger charge is 2.79. The summed E-state index contributed by atoms with van der Waals surface area (Å²) in [5.74, 6) is -17.2. The Kier molecular flexibility index (Phi) is 4.87. The van der Waals surface area contributed by atoms with Crippen molar-refractivity contribution in [1.82, 2.24) is 0 Å². The van der Waals surface area contributed by atoms with E-state index >= 15 is 0 Å². The van der Waals surface area contributed by atoms with Crippen molar-refractivity contribution in [1.29, 1.82) is 0 Å². The first-order valence-electron chi connectivity index (χ1n) is 4.35. The summed E-state index contributed by atoms with van der Waals surface area (Å²) in [7, 11) is 0. The molecule has 1 unspecified atom stereocenters. The number of aliphatic carboxylic acids is 1. The van der Waals surface area contributed by atoms with E-state index in [4.69, 9.17) is 10.6 Å². The van der Waals surface area contributed by atoms with Gasteiger partial charge in [0.05, 0.1) is 0 Å². The van der Waals surface area contributed by atoms with Crippen LogP contribution in [0.3, 0.4) is 0 Å². The molecule has 0 rings (SSSR count). The van der Waals surface area contributed by atoms with Crippen molar-refractivity contribution in [2.24, 2.45) is 5.11 Å². The van der Waals surface area contributed by atoms with Crippen LogP contribution in [0.5, 0.6) is 0 Å².